The Morgan fingerprint density at radius 1 is 0.397 bits per heavy atom. The predicted molar refractivity (Wildman–Crippen MR) is 230 cm³/mol. The van der Waals surface area contributed by atoms with Crippen LogP contribution in [0.15, 0.2) is 195 Å². The van der Waals surface area contributed by atoms with E-state index in [2.05, 4.69) is 9.97 Å². The van der Waals surface area contributed by atoms with E-state index in [0.717, 1.165) is 66.4 Å². The minimum absolute atomic E-state index is 0.212. The second kappa shape index (κ2) is 13.9. The van der Waals surface area contributed by atoms with Crippen LogP contribution >= 0.6 is 0 Å². The molecule has 11 rings (SSSR count). The molecular weight excluding hydrogens is 717 g/mol. The van der Waals surface area contributed by atoms with Crippen LogP contribution in [0.4, 0.5) is 0 Å². The van der Waals surface area contributed by atoms with Crippen molar-refractivity contribution in [1.29, 1.82) is 0 Å². The maximum atomic E-state index is 8.91. The highest BCUT2D eigenvalue weighted by molar-refractivity contribution is 6.10. The fourth-order valence-electron chi connectivity index (χ4n) is 7.55. The maximum absolute atomic E-state index is 8.91. The third-order valence-corrected chi connectivity index (χ3v) is 10.2. The summed E-state index contributed by atoms with van der Waals surface area (Å²) in [5, 5.41) is 3.41. The van der Waals surface area contributed by atoms with Crippen LogP contribution in [0.5, 0.6) is 23.0 Å². The van der Waals surface area contributed by atoms with Crippen molar-refractivity contribution in [2.24, 2.45) is 0 Å². The van der Waals surface area contributed by atoms with Gasteiger partial charge in [0.15, 0.2) is 0 Å². The first-order valence-corrected chi connectivity index (χ1v) is 18.7. The number of fused-ring (bicyclic) bond motifs is 6. The van der Waals surface area contributed by atoms with Gasteiger partial charge in [0.2, 0.25) is 0 Å². The Labute approximate surface area is 338 Å². The molecule has 5 heterocycles. The van der Waals surface area contributed by atoms with Crippen LogP contribution in [-0.2, 0) is 0 Å². The molecule has 0 spiro atoms. The summed E-state index contributed by atoms with van der Waals surface area (Å²) in [4.78, 5) is 18.7. The van der Waals surface area contributed by atoms with Crippen LogP contribution in [0.1, 0.15) is 5.48 Å². The Balaban J connectivity index is 0.870. The third kappa shape index (κ3) is 5.88. The zero-order chi connectivity index (χ0) is 41.9. The summed E-state index contributed by atoms with van der Waals surface area (Å²) >= 11 is 0. The summed E-state index contributed by atoms with van der Waals surface area (Å²) in [7, 11) is 0. The number of pyridine rings is 2. The molecule has 0 atom stereocenters. The number of nitrogens with zero attached hydrogens (tertiary/aromatic N) is 6. The summed E-state index contributed by atoms with van der Waals surface area (Å²) in [6, 6.07) is 45.9. The number of rotatable bonds is 8. The predicted octanol–water partition coefficient (Wildman–Crippen LogP) is 12.4. The zero-order valence-electron chi connectivity index (χ0n) is 34.7. The Morgan fingerprint density at radius 2 is 0.879 bits per heavy atom. The normalized spacial score (nSPS) is 12.4. The summed E-state index contributed by atoms with van der Waals surface area (Å²) < 4.78 is 51.1. The second-order valence-corrected chi connectivity index (χ2v) is 13.7. The molecule has 0 bridgehead atoms. The number of para-hydroxylation sites is 2. The molecule has 0 N–H and O–H groups in total. The Kier molecular flexibility index (Phi) is 6.99. The van der Waals surface area contributed by atoms with Crippen LogP contribution in [0.2, 0.25) is 0 Å². The minimum Gasteiger partial charge on any atom is -0.457 e. The highest BCUT2D eigenvalue weighted by atomic mass is 16.5. The molecule has 8 nitrogen and oxygen atoms in total. The Hall–Kier alpha value is -8.10. The molecule has 58 heavy (non-hydrogen) atoms. The topological polar surface area (TPSA) is 79.9 Å². The van der Waals surface area contributed by atoms with E-state index >= 15 is 0 Å². The van der Waals surface area contributed by atoms with Crippen molar-refractivity contribution in [2.75, 3.05) is 0 Å². The smallest absolute Gasteiger partial charge is 0.137 e. The molecule has 8 heteroatoms. The van der Waals surface area contributed by atoms with E-state index in [9.17, 15) is 0 Å². The van der Waals surface area contributed by atoms with Gasteiger partial charge < -0.3 is 9.47 Å². The average molecular weight is 753 g/mol. The van der Waals surface area contributed by atoms with Gasteiger partial charge in [0, 0.05) is 57.2 Å². The molecule has 0 unspecified atom stereocenters. The molecule has 0 aliphatic heterocycles. The molecule has 0 fully saturated rings. The van der Waals surface area contributed by atoms with Gasteiger partial charge in [-0.2, -0.15) is 0 Å². The first-order chi connectivity index (χ1) is 30.3. The van der Waals surface area contributed by atoms with Gasteiger partial charge in [-0.15, -0.1) is 0 Å². The molecule has 0 radical (unpaired) electrons. The summed E-state index contributed by atoms with van der Waals surface area (Å²) in [5.41, 5.74) is 6.27. The first kappa shape index (κ1) is 29.2. The van der Waals surface area contributed by atoms with Gasteiger partial charge in [0.1, 0.15) is 34.6 Å². The molecule has 0 amide bonds. The molecule has 0 saturated carbocycles. The second-order valence-electron chi connectivity index (χ2n) is 13.7. The molecule has 6 aromatic carbocycles. The van der Waals surface area contributed by atoms with Crippen molar-refractivity contribution in [2.45, 2.75) is 0 Å². The average Bonchev–Trinajstić information content (AvgIpc) is 3.77. The molecule has 274 valence electrons. The van der Waals surface area contributed by atoms with Gasteiger partial charge >= 0.3 is 0 Å². The van der Waals surface area contributed by atoms with E-state index in [4.69, 9.17) is 24.9 Å². The van der Waals surface area contributed by atoms with E-state index in [-0.39, 0.29) is 12.1 Å². The fourth-order valence-corrected chi connectivity index (χ4v) is 7.55. The van der Waals surface area contributed by atoms with Crippen LogP contribution in [0.25, 0.3) is 77.8 Å². The molecule has 0 aliphatic rings. The number of benzene rings is 6. The van der Waals surface area contributed by atoms with E-state index < -0.39 is 0 Å². The van der Waals surface area contributed by atoms with Gasteiger partial charge in [-0.3, -0.25) is 19.1 Å². The molecule has 0 aliphatic carbocycles. The first-order valence-electron chi connectivity index (χ1n) is 20.7. The van der Waals surface area contributed by atoms with Gasteiger partial charge in [-0.1, -0.05) is 72.7 Å². The van der Waals surface area contributed by atoms with E-state index in [1.165, 1.54) is 0 Å². The van der Waals surface area contributed by atoms with Crippen molar-refractivity contribution in [1.82, 2.24) is 29.1 Å². The van der Waals surface area contributed by atoms with Crippen LogP contribution in [0.3, 0.4) is 0 Å². The van der Waals surface area contributed by atoms with Gasteiger partial charge in [0.25, 0.3) is 0 Å². The number of hydrogen-bond donors (Lipinski definition) is 0. The zero-order valence-corrected chi connectivity index (χ0v) is 30.7. The number of hydrogen-bond acceptors (Lipinski definition) is 6. The van der Waals surface area contributed by atoms with E-state index in [1.807, 2.05) is 130 Å². The van der Waals surface area contributed by atoms with Gasteiger partial charge in [0.05, 0.1) is 51.3 Å². The fraction of sp³-hybridized carbons (Fsp3) is 0. The molecule has 11 aromatic rings. The van der Waals surface area contributed by atoms with Crippen molar-refractivity contribution >= 4 is 43.6 Å². The quantitative estimate of drug-likeness (QED) is 0.154. The van der Waals surface area contributed by atoms with Crippen molar-refractivity contribution in [3.05, 3.63) is 195 Å². The highest BCUT2D eigenvalue weighted by Gasteiger charge is 2.16. The maximum Gasteiger partial charge on any atom is 0.137 e. The van der Waals surface area contributed by atoms with Crippen LogP contribution in [0, 0.1) is 0 Å². The number of aromatic nitrogens is 6. The lowest BCUT2D eigenvalue weighted by atomic mass is 10.1. The standard InChI is InChI=1S/C50H32N6O2/c1-3-17-45-39(15-1)41-23-21-37(29-47(41)55(45)49-19-5-7-25-51-49)57-35-13-9-11-33(27-35)43-31-54-44(32-53-43)34-12-10-14-36(28-34)58-38-22-24-42-40-16-2-4-18-46(40)56(48(42)30-38)50-20-6-8-26-52-50/h1-32H/i1D,2D,21D,22D. The minimum atomic E-state index is 0.212. The van der Waals surface area contributed by atoms with Crippen LogP contribution in [-0.4, -0.2) is 29.1 Å². The lowest BCUT2D eigenvalue weighted by molar-refractivity contribution is 0.483. The highest BCUT2D eigenvalue weighted by Crippen LogP contribution is 2.37. The molecule has 0 saturated heterocycles. The van der Waals surface area contributed by atoms with Gasteiger partial charge in [-0.25, -0.2) is 9.97 Å². The van der Waals surface area contributed by atoms with Crippen LogP contribution < -0.4 is 9.47 Å². The van der Waals surface area contributed by atoms with Crippen molar-refractivity contribution in [3.8, 4) is 57.1 Å². The lowest BCUT2D eigenvalue weighted by Crippen LogP contribution is -1.96. The van der Waals surface area contributed by atoms with Crippen molar-refractivity contribution in [3.63, 3.8) is 0 Å². The summed E-state index contributed by atoms with van der Waals surface area (Å²) in [5.74, 6) is 3.27. The Bertz CT molecular complexity index is 3290. The number of ether oxygens (including phenoxy) is 2. The molecule has 5 aromatic heterocycles. The van der Waals surface area contributed by atoms with E-state index in [1.54, 1.807) is 49.1 Å². The Morgan fingerprint density at radius 3 is 1.33 bits per heavy atom. The van der Waals surface area contributed by atoms with Gasteiger partial charge in [-0.05, 0) is 84.9 Å². The molecular formula is C50H32N6O2. The van der Waals surface area contributed by atoms with E-state index in [0.29, 0.717) is 46.5 Å². The van der Waals surface area contributed by atoms with Crippen molar-refractivity contribution < 1.29 is 15.0 Å². The third-order valence-electron chi connectivity index (χ3n) is 10.2. The SMILES string of the molecule is [2H]c1ccc2c(c1)c1cc([2H])c(Oc3cccc(-c4cnc(-c5cccc(Oc6cc7c(cc6[2H])c6cc([2H])ccc6n7-c6ccccn6)c5)cn4)c3)cc1n2-c1ccccn1. The summed E-state index contributed by atoms with van der Waals surface area (Å²) in [6.45, 7) is 0. The monoisotopic (exact) mass is 752 g/mol. The lowest BCUT2D eigenvalue weighted by Gasteiger charge is -2.11. The largest absolute Gasteiger partial charge is 0.457 e. The summed E-state index contributed by atoms with van der Waals surface area (Å²) in [6.07, 6.45) is 6.91.